The summed E-state index contributed by atoms with van der Waals surface area (Å²) in [7, 11) is 0. The molecule has 0 aliphatic carbocycles. The maximum Gasteiger partial charge on any atom is 0.116 e. The summed E-state index contributed by atoms with van der Waals surface area (Å²) in [5.41, 5.74) is 3.56. The highest BCUT2D eigenvalue weighted by Crippen LogP contribution is 2.18. The van der Waals surface area contributed by atoms with Crippen molar-refractivity contribution in [2.45, 2.75) is 66.7 Å². The fourth-order valence-electron chi connectivity index (χ4n) is 1.69. The summed E-state index contributed by atoms with van der Waals surface area (Å²) in [4.78, 5) is 0. The molecule has 98 valence electrons. The van der Waals surface area contributed by atoms with Crippen molar-refractivity contribution < 1.29 is 5.11 Å². The first kappa shape index (κ1) is 16.0. The largest absolute Gasteiger partial charge is 0.508 e. The van der Waals surface area contributed by atoms with E-state index in [2.05, 4.69) is 20.8 Å². The van der Waals surface area contributed by atoms with E-state index in [-0.39, 0.29) is 0 Å². The summed E-state index contributed by atoms with van der Waals surface area (Å²) in [6.45, 7) is 10.6. The molecule has 1 aromatic carbocycles. The maximum atomic E-state index is 9.12. The van der Waals surface area contributed by atoms with Crippen molar-refractivity contribution in [2.24, 2.45) is 0 Å². The molecule has 1 heteroatoms. The molecule has 0 bridgehead atoms. The average Bonchev–Trinajstić information content (AvgIpc) is 2.27. The van der Waals surface area contributed by atoms with E-state index < -0.39 is 0 Å². The SMILES string of the molecule is CCCCCCC.Cc1cc(O)cc(C)c1C. The number of hydrogen-bond acceptors (Lipinski definition) is 1. The van der Waals surface area contributed by atoms with Gasteiger partial charge in [-0.3, -0.25) is 0 Å². The van der Waals surface area contributed by atoms with Crippen LogP contribution in [0.4, 0.5) is 0 Å². The van der Waals surface area contributed by atoms with E-state index in [0.29, 0.717) is 5.75 Å². The monoisotopic (exact) mass is 236 g/mol. The molecule has 0 amide bonds. The second kappa shape index (κ2) is 9.09. The Labute approximate surface area is 107 Å². The van der Waals surface area contributed by atoms with E-state index >= 15 is 0 Å². The van der Waals surface area contributed by atoms with Crippen LogP contribution in [0.5, 0.6) is 5.75 Å². The van der Waals surface area contributed by atoms with E-state index in [1.54, 1.807) is 12.1 Å². The predicted octanol–water partition coefficient (Wildman–Crippen LogP) is 5.29. The minimum atomic E-state index is 0.362. The lowest BCUT2D eigenvalue weighted by atomic mass is 10.0. The highest BCUT2D eigenvalue weighted by Gasteiger charge is 1.97. The van der Waals surface area contributed by atoms with Gasteiger partial charge >= 0.3 is 0 Å². The van der Waals surface area contributed by atoms with Crippen LogP contribution in [0, 0.1) is 20.8 Å². The van der Waals surface area contributed by atoms with Crippen molar-refractivity contribution in [1.29, 1.82) is 0 Å². The van der Waals surface area contributed by atoms with Gasteiger partial charge in [0.1, 0.15) is 5.75 Å². The zero-order valence-corrected chi connectivity index (χ0v) is 12.1. The van der Waals surface area contributed by atoms with Crippen molar-refractivity contribution in [3.63, 3.8) is 0 Å². The predicted molar refractivity (Wildman–Crippen MR) is 76.8 cm³/mol. The van der Waals surface area contributed by atoms with Gasteiger partial charge < -0.3 is 5.11 Å². The minimum Gasteiger partial charge on any atom is -0.508 e. The van der Waals surface area contributed by atoms with Crippen molar-refractivity contribution in [1.82, 2.24) is 0 Å². The number of rotatable bonds is 4. The van der Waals surface area contributed by atoms with Crippen molar-refractivity contribution in [2.75, 3.05) is 0 Å². The van der Waals surface area contributed by atoms with Crippen LogP contribution >= 0.6 is 0 Å². The Morgan fingerprint density at radius 3 is 1.59 bits per heavy atom. The first-order valence-electron chi connectivity index (χ1n) is 6.79. The van der Waals surface area contributed by atoms with Crippen LogP contribution in [-0.4, -0.2) is 5.11 Å². The molecule has 0 fully saturated rings. The molecule has 0 saturated carbocycles. The van der Waals surface area contributed by atoms with E-state index in [1.807, 2.05) is 13.8 Å². The summed E-state index contributed by atoms with van der Waals surface area (Å²) in [5.74, 6) is 0.362. The topological polar surface area (TPSA) is 20.2 Å². The molecule has 1 aromatic rings. The van der Waals surface area contributed by atoms with Crippen molar-refractivity contribution in [3.05, 3.63) is 28.8 Å². The number of unbranched alkanes of at least 4 members (excludes halogenated alkanes) is 4. The Balaban J connectivity index is 0.000000325. The van der Waals surface area contributed by atoms with Crippen LogP contribution in [0.3, 0.4) is 0 Å². The highest BCUT2D eigenvalue weighted by molar-refractivity contribution is 5.39. The third-order valence-electron chi connectivity index (χ3n) is 3.12. The molecule has 0 atom stereocenters. The smallest absolute Gasteiger partial charge is 0.116 e. The Hall–Kier alpha value is -0.980. The van der Waals surface area contributed by atoms with Gasteiger partial charge in [-0.05, 0) is 49.6 Å². The van der Waals surface area contributed by atoms with Gasteiger partial charge in [0.15, 0.2) is 0 Å². The number of benzene rings is 1. The molecule has 0 aromatic heterocycles. The quantitative estimate of drug-likeness (QED) is 0.704. The molecule has 1 nitrogen and oxygen atoms in total. The molecule has 0 unspecified atom stereocenters. The Morgan fingerprint density at radius 1 is 0.824 bits per heavy atom. The molecule has 0 aliphatic heterocycles. The van der Waals surface area contributed by atoms with E-state index in [4.69, 9.17) is 5.11 Å². The van der Waals surface area contributed by atoms with Crippen LogP contribution < -0.4 is 0 Å². The molecule has 0 spiro atoms. The number of hydrogen-bond donors (Lipinski definition) is 1. The third kappa shape index (κ3) is 7.04. The standard InChI is InChI=1S/C9H12O.C7H16/c1-6-4-9(10)5-7(2)8(6)3;1-3-5-7-6-4-2/h4-5,10H,1-3H3;3-7H2,1-2H3. The molecular formula is C16H28O. The van der Waals surface area contributed by atoms with Crippen molar-refractivity contribution in [3.8, 4) is 5.75 Å². The van der Waals surface area contributed by atoms with Gasteiger partial charge in [0, 0.05) is 0 Å². The first-order chi connectivity index (χ1) is 8.02. The normalized spacial score (nSPS) is 9.71. The van der Waals surface area contributed by atoms with Crippen LogP contribution in [0.15, 0.2) is 12.1 Å². The summed E-state index contributed by atoms with van der Waals surface area (Å²) >= 11 is 0. The molecule has 0 heterocycles. The Morgan fingerprint density at radius 2 is 1.24 bits per heavy atom. The molecular weight excluding hydrogens is 208 g/mol. The molecule has 0 saturated heterocycles. The number of phenolic OH excluding ortho intramolecular Hbond substituents is 1. The Kier molecular flexibility index (Phi) is 8.57. The number of phenols is 1. The molecule has 0 aliphatic rings. The second-order valence-electron chi connectivity index (χ2n) is 4.77. The second-order valence-corrected chi connectivity index (χ2v) is 4.77. The lowest BCUT2D eigenvalue weighted by Crippen LogP contribution is -1.84. The minimum absolute atomic E-state index is 0.362. The summed E-state index contributed by atoms with van der Waals surface area (Å²) in [6, 6.07) is 3.56. The zero-order chi connectivity index (χ0) is 13.3. The third-order valence-corrected chi connectivity index (χ3v) is 3.12. The summed E-state index contributed by atoms with van der Waals surface area (Å²) < 4.78 is 0. The van der Waals surface area contributed by atoms with E-state index in [1.165, 1.54) is 37.7 Å². The lowest BCUT2D eigenvalue weighted by molar-refractivity contribution is 0.474. The highest BCUT2D eigenvalue weighted by atomic mass is 16.3. The number of aromatic hydroxyl groups is 1. The van der Waals surface area contributed by atoms with Gasteiger partial charge in [-0.2, -0.15) is 0 Å². The fraction of sp³-hybridized carbons (Fsp3) is 0.625. The van der Waals surface area contributed by atoms with Crippen LogP contribution in [0.1, 0.15) is 62.6 Å². The molecule has 0 radical (unpaired) electrons. The van der Waals surface area contributed by atoms with Gasteiger partial charge in [0.25, 0.3) is 0 Å². The maximum absolute atomic E-state index is 9.12. The average molecular weight is 236 g/mol. The van der Waals surface area contributed by atoms with Gasteiger partial charge in [-0.1, -0.05) is 46.0 Å². The molecule has 17 heavy (non-hydrogen) atoms. The van der Waals surface area contributed by atoms with Gasteiger partial charge in [0.05, 0.1) is 0 Å². The van der Waals surface area contributed by atoms with Crippen LogP contribution in [0.25, 0.3) is 0 Å². The number of aryl methyl sites for hydroxylation is 2. The first-order valence-corrected chi connectivity index (χ1v) is 6.79. The van der Waals surface area contributed by atoms with E-state index in [9.17, 15) is 0 Å². The van der Waals surface area contributed by atoms with Crippen molar-refractivity contribution >= 4 is 0 Å². The molecule has 1 rings (SSSR count). The van der Waals surface area contributed by atoms with Crippen LogP contribution in [-0.2, 0) is 0 Å². The molecule has 1 N–H and O–H groups in total. The van der Waals surface area contributed by atoms with Gasteiger partial charge in [-0.25, -0.2) is 0 Å². The zero-order valence-electron chi connectivity index (χ0n) is 12.1. The van der Waals surface area contributed by atoms with Crippen LogP contribution in [0.2, 0.25) is 0 Å². The van der Waals surface area contributed by atoms with Gasteiger partial charge in [-0.15, -0.1) is 0 Å². The lowest BCUT2D eigenvalue weighted by Gasteiger charge is -2.03. The van der Waals surface area contributed by atoms with E-state index in [0.717, 1.165) is 11.1 Å². The summed E-state index contributed by atoms with van der Waals surface area (Å²) in [6.07, 6.45) is 7.01. The fourth-order valence-corrected chi connectivity index (χ4v) is 1.69. The Bertz CT molecular complexity index is 288. The summed E-state index contributed by atoms with van der Waals surface area (Å²) in [5, 5.41) is 9.12. The van der Waals surface area contributed by atoms with Gasteiger partial charge in [0.2, 0.25) is 0 Å².